The van der Waals surface area contributed by atoms with Gasteiger partial charge in [-0.3, -0.25) is 14.9 Å². The number of carbonyl (C=O) groups excluding carboxylic acids is 2. The molecule has 1 aliphatic heterocycles. The zero-order valence-electron chi connectivity index (χ0n) is 14.9. The maximum absolute atomic E-state index is 10.9. The Bertz CT molecular complexity index is 475. The second-order valence-electron chi connectivity index (χ2n) is 6.24. The van der Waals surface area contributed by atoms with Gasteiger partial charge in [-0.15, -0.1) is 0 Å². The molecule has 0 spiro atoms. The SMILES string of the molecule is BrCCCCCCCCCCCCBr.O=C1NC(=O)c2ccccc21. The Morgan fingerprint density at radius 3 is 1.24 bits per heavy atom. The second-order valence-corrected chi connectivity index (χ2v) is 7.83. The molecule has 1 aliphatic rings. The molecule has 0 saturated carbocycles. The van der Waals surface area contributed by atoms with Crippen LogP contribution < -0.4 is 5.32 Å². The largest absolute Gasteiger partial charge is 0.288 e. The van der Waals surface area contributed by atoms with Crippen molar-refractivity contribution in [2.24, 2.45) is 0 Å². The molecule has 25 heavy (non-hydrogen) atoms. The third-order valence-electron chi connectivity index (χ3n) is 4.16. The van der Waals surface area contributed by atoms with E-state index in [9.17, 15) is 9.59 Å². The molecule has 0 saturated heterocycles. The van der Waals surface area contributed by atoms with Crippen LogP contribution in [0.25, 0.3) is 0 Å². The molecule has 0 radical (unpaired) electrons. The van der Waals surface area contributed by atoms with Gasteiger partial charge in [-0.1, -0.05) is 95.4 Å². The average molecular weight is 475 g/mol. The Kier molecular flexibility index (Phi) is 13.0. The molecular weight excluding hydrogens is 446 g/mol. The first-order valence-corrected chi connectivity index (χ1v) is 11.5. The number of rotatable bonds is 11. The number of nitrogens with one attached hydrogen (secondary N) is 1. The van der Waals surface area contributed by atoms with Gasteiger partial charge in [0.1, 0.15) is 0 Å². The van der Waals surface area contributed by atoms with Gasteiger partial charge in [0.05, 0.1) is 11.1 Å². The molecule has 0 aromatic heterocycles. The van der Waals surface area contributed by atoms with Crippen LogP contribution in [-0.4, -0.2) is 22.5 Å². The van der Waals surface area contributed by atoms with Gasteiger partial charge in [0.15, 0.2) is 0 Å². The monoisotopic (exact) mass is 473 g/mol. The molecule has 1 aromatic carbocycles. The fraction of sp³-hybridized carbons (Fsp3) is 0.600. The number of hydrogen-bond donors (Lipinski definition) is 1. The molecule has 0 fully saturated rings. The maximum Gasteiger partial charge on any atom is 0.258 e. The highest BCUT2D eigenvalue weighted by Crippen LogP contribution is 2.13. The summed E-state index contributed by atoms with van der Waals surface area (Å²) in [6.45, 7) is 0. The topological polar surface area (TPSA) is 46.2 Å². The molecule has 3 nitrogen and oxygen atoms in total. The molecule has 0 aliphatic carbocycles. The summed E-state index contributed by atoms with van der Waals surface area (Å²) < 4.78 is 0. The standard InChI is InChI=1S/C12H24Br2.C8H5NO2/c13-11-9-7-5-3-1-2-4-6-8-10-12-14;10-7-5-3-1-2-4-6(5)8(11)9-7/h1-12H2;1-4H,(H,9,10,11). The molecule has 1 heterocycles. The zero-order chi connectivity index (χ0) is 18.3. The van der Waals surface area contributed by atoms with Crippen LogP contribution in [0, 0.1) is 0 Å². The van der Waals surface area contributed by atoms with Crippen LogP contribution in [0.1, 0.15) is 84.9 Å². The minimum absolute atomic E-state index is 0.300. The van der Waals surface area contributed by atoms with E-state index in [0.29, 0.717) is 11.1 Å². The number of amides is 2. The van der Waals surface area contributed by atoms with Gasteiger partial charge in [-0.2, -0.15) is 0 Å². The summed E-state index contributed by atoms with van der Waals surface area (Å²) in [6, 6.07) is 6.74. The second kappa shape index (κ2) is 14.5. The first-order valence-electron chi connectivity index (χ1n) is 9.27. The quantitative estimate of drug-likeness (QED) is 0.234. The number of fused-ring (bicyclic) bond motifs is 1. The lowest BCUT2D eigenvalue weighted by Gasteiger charge is -2.01. The van der Waals surface area contributed by atoms with Gasteiger partial charge in [-0.05, 0) is 25.0 Å². The Morgan fingerprint density at radius 2 is 0.920 bits per heavy atom. The van der Waals surface area contributed by atoms with Crippen molar-refractivity contribution < 1.29 is 9.59 Å². The average Bonchev–Trinajstić information content (AvgIpc) is 2.92. The van der Waals surface area contributed by atoms with Crippen LogP contribution in [0.5, 0.6) is 0 Å². The van der Waals surface area contributed by atoms with E-state index in [1.165, 1.54) is 74.9 Å². The van der Waals surface area contributed by atoms with Crippen molar-refractivity contribution in [1.82, 2.24) is 5.32 Å². The number of carbonyl (C=O) groups is 2. The van der Waals surface area contributed by atoms with E-state index in [0.717, 1.165) is 0 Å². The lowest BCUT2D eigenvalue weighted by Crippen LogP contribution is -2.19. The molecule has 0 bridgehead atoms. The van der Waals surface area contributed by atoms with Gasteiger partial charge in [0, 0.05) is 10.7 Å². The molecule has 2 rings (SSSR count). The molecule has 2 amide bonds. The lowest BCUT2D eigenvalue weighted by molar-refractivity contribution is 0.0879. The first kappa shape index (κ1) is 22.4. The fourth-order valence-electron chi connectivity index (χ4n) is 2.72. The number of benzene rings is 1. The zero-order valence-corrected chi connectivity index (χ0v) is 18.0. The lowest BCUT2D eigenvalue weighted by atomic mass is 10.1. The van der Waals surface area contributed by atoms with Crippen molar-refractivity contribution in [2.45, 2.75) is 64.2 Å². The molecule has 0 atom stereocenters. The summed E-state index contributed by atoms with van der Waals surface area (Å²) >= 11 is 6.93. The van der Waals surface area contributed by atoms with Crippen molar-refractivity contribution in [1.29, 1.82) is 0 Å². The predicted octanol–water partition coefficient (Wildman–Crippen LogP) is 6.25. The van der Waals surface area contributed by atoms with Crippen molar-refractivity contribution >= 4 is 43.7 Å². The molecule has 1 N–H and O–H groups in total. The van der Waals surface area contributed by atoms with E-state index in [2.05, 4.69) is 37.2 Å². The Balaban J connectivity index is 0.000000255. The van der Waals surface area contributed by atoms with E-state index >= 15 is 0 Å². The van der Waals surface area contributed by atoms with Crippen molar-refractivity contribution in [3.63, 3.8) is 0 Å². The highest BCUT2D eigenvalue weighted by atomic mass is 79.9. The summed E-state index contributed by atoms with van der Waals surface area (Å²) in [5, 5.41) is 4.56. The van der Waals surface area contributed by atoms with Crippen LogP contribution in [0.3, 0.4) is 0 Å². The highest BCUT2D eigenvalue weighted by molar-refractivity contribution is 9.09. The van der Waals surface area contributed by atoms with Crippen molar-refractivity contribution in [3.8, 4) is 0 Å². The molecule has 140 valence electrons. The van der Waals surface area contributed by atoms with Crippen molar-refractivity contribution in [3.05, 3.63) is 35.4 Å². The van der Waals surface area contributed by atoms with E-state index in [-0.39, 0.29) is 11.8 Å². The highest BCUT2D eigenvalue weighted by Gasteiger charge is 2.25. The minimum atomic E-state index is -0.300. The number of halogens is 2. The van der Waals surface area contributed by atoms with Crippen LogP contribution in [0.4, 0.5) is 0 Å². The first-order chi connectivity index (χ1) is 12.2. The Labute approximate surface area is 168 Å². The molecule has 1 aromatic rings. The van der Waals surface area contributed by atoms with Crippen LogP contribution in [0.15, 0.2) is 24.3 Å². The van der Waals surface area contributed by atoms with Crippen LogP contribution in [0.2, 0.25) is 0 Å². The summed E-state index contributed by atoms with van der Waals surface area (Å²) in [4.78, 5) is 21.9. The number of unbranched alkanes of at least 4 members (excludes halogenated alkanes) is 9. The van der Waals surface area contributed by atoms with Gasteiger partial charge >= 0.3 is 0 Å². The van der Waals surface area contributed by atoms with Crippen LogP contribution >= 0.6 is 31.9 Å². The summed E-state index contributed by atoms with van der Waals surface area (Å²) in [7, 11) is 0. The summed E-state index contributed by atoms with van der Waals surface area (Å²) in [5.74, 6) is -0.601. The van der Waals surface area contributed by atoms with Crippen LogP contribution in [-0.2, 0) is 0 Å². The predicted molar refractivity (Wildman–Crippen MR) is 112 cm³/mol. The van der Waals surface area contributed by atoms with Crippen molar-refractivity contribution in [2.75, 3.05) is 10.7 Å². The van der Waals surface area contributed by atoms with E-state index in [4.69, 9.17) is 0 Å². The Hall–Kier alpha value is -0.680. The van der Waals surface area contributed by atoms with Gasteiger partial charge in [-0.25, -0.2) is 0 Å². The molecular formula is C20H29Br2NO2. The molecule has 5 heteroatoms. The summed E-state index contributed by atoms with van der Waals surface area (Å²) in [5.41, 5.74) is 0.940. The summed E-state index contributed by atoms with van der Waals surface area (Å²) in [6.07, 6.45) is 14.2. The number of imide groups is 1. The maximum atomic E-state index is 10.9. The fourth-order valence-corrected chi connectivity index (χ4v) is 3.51. The number of alkyl halides is 2. The van der Waals surface area contributed by atoms with E-state index in [1.807, 2.05) is 0 Å². The van der Waals surface area contributed by atoms with E-state index in [1.54, 1.807) is 24.3 Å². The van der Waals surface area contributed by atoms with E-state index < -0.39 is 0 Å². The third-order valence-corrected chi connectivity index (χ3v) is 5.28. The van der Waals surface area contributed by atoms with Gasteiger partial charge < -0.3 is 0 Å². The van der Waals surface area contributed by atoms with Gasteiger partial charge in [0.2, 0.25) is 0 Å². The smallest absolute Gasteiger partial charge is 0.258 e. The molecule has 0 unspecified atom stereocenters. The van der Waals surface area contributed by atoms with Gasteiger partial charge in [0.25, 0.3) is 11.8 Å². The number of hydrogen-bond acceptors (Lipinski definition) is 2. The third kappa shape index (κ3) is 9.55. The Morgan fingerprint density at radius 1 is 0.600 bits per heavy atom. The minimum Gasteiger partial charge on any atom is -0.288 e. The normalized spacial score (nSPS) is 12.4.